The van der Waals surface area contributed by atoms with Crippen LogP contribution in [0.1, 0.15) is 10.4 Å². The third kappa shape index (κ3) is 3.83. The summed E-state index contributed by atoms with van der Waals surface area (Å²) in [6.07, 6.45) is 0. The van der Waals surface area contributed by atoms with Gasteiger partial charge in [-0.25, -0.2) is 13.1 Å². The van der Waals surface area contributed by atoms with Gasteiger partial charge < -0.3 is 9.84 Å². The number of ether oxygens (including phenoxy) is 1. The Kier molecular flexibility index (Phi) is 5.39. The molecular weight excluding hydrogens is 378 g/mol. The molecule has 1 aromatic heterocycles. The third-order valence-electron chi connectivity index (χ3n) is 2.81. The minimum Gasteiger partial charge on any atom is -0.495 e. The second-order valence-electron chi connectivity index (χ2n) is 4.16. The Morgan fingerprint density at radius 3 is 2.71 bits per heavy atom. The van der Waals surface area contributed by atoms with Crippen molar-refractivity contribution in [3.05, 3.63) is 44.6 Å². The number of methoxy groups -OCH3 is 1. The highest BCUT2D eigenvalue weighted by molar-refractivity contribution is 9.10. The summed E-state index contributed by atoms with van der Waals surface area (Å²) in [4.78, 5) is 0.944. The maximum absolute atomic E-state index is 12.4. The molecule has 0 saturated carbocycles. The normalized spacial score (nSPS) is 11.6. The summed E-state index contributed by atoms with van der Waals surface area (Å²) >= 11 is 4.82. The van der Waals surface area contributed by atoms with E-state index in [1.165, 1.54) is 30.6 Å². The molecule has 0 fully saturated rings. The zero-order chi connectivity index (χ0) is 15.5. The summed E-state index contributed by atoms with van der Waals surface area (Å²) in [5, 5.41) is 11.0. The molecule has 8 heteroatoms. The molecule has 0 saturated heterocycles. The van der Waals surface area contributed by atoms with Crippen molar-refractivity contribution in [3.8, 4) is 5.75 Å². The average Bonchev–Trinajstić information content (AvgIpc) is 2.89. The SMILES string of the molecule is COc1cc(CO)ccc1S(=O)(=O)NCc1sccc1Br. The predicted octanol–water partition coefficient (Wildman–Crippen LogP) is 2.49. The maximum Gasteiger partial charge on any atom is 0.244 e. The average molecular weight is 392 g/mol. The van der Waals surface area contributed by atoms with Gasteiger partial charge in [0.15, 0.2) is 0 Å². The molecular formula is C13H14BrNO4S2. The minimum absolute atomic E-state index is 0.0508. The molecule has 0 atom stereocenters. The number of hydrogen-bond donors (Lipinski definition) is 2. The van der Waals surface area contributed by atoms with E-state index in [0.717, 1.165) is 9.35 Å². The molecule has 0 spiro atoms. The minimum atomic E-state index is -3.69. The number of benzene rings is 1. The largest absolute Gasteiger partial charge is 0.495 e. The number of thiophene rings is 1. The Morgan fingerprint density at radius 1 is 1.38 bits per heavy atom. The maximum atomic E-state index is 12.4. The number of halogens is 1. The van der Waals surface area contributed by atoms with E-state index in [1.807, 2.05) is 11.4 Å². The first-order valence-corrected chi connectivity index (χ1v) is 9.13. The number of aliphatic hydroxyl groups excluding tert-OH is 1. The van der Waals surface area contributed by atoms with Gasteiger partial charge in [0.1, 0.15) is 10.6 Å². The fourth-order valence-electron chi connectivity index (χ4n) is 1.72. The van der Waals surface area contributed by atoms with Crippen LogP contribution in [0.2, 0.25) is 0 Å². The summed E-state index contributed by atoms with van der Waals surface area (Å²) in [6.45, 7) is 0.0255. The number of rotatable bonds is 6. The van der Waals surface area contributed by atoms with Crippen LogP contribution in [0.3, 0.4) is 0 Å². The van der Waals surface area contributed by atoms with Crippen molar-refractivity contribution in [2.45, 2.75) is 18.0 Å². The van der Waals surface area contributed by atoms with Crippen molar-refractivity contribution in [1.82, 2.24) is 4.72 Å². The van der Waals surface area contributed by atoms with Crippen LogP contribution in [0.25, 0.3) is 0 Å². The van der Waals surface area contributed by atoms with Gasteiger partial charge in [0.25, 0.3) is 0 Å². The molecule has 5 nitrogen and oxygen atoms in total. The van der Waals surface area contributed by atoms with Crippen molar-refractivity contribution in [2.75, 3.05) is 7.11 Å². The Morgan fingerprint density at radius 2 is 2.14 bits per heavy atom. The monoisotopic (exact) mass is 391 g/mol. The van der Waals surface area contributed by atoms with Gasteiger partial charge in [-0.3, -0.25) is 0 Å². The Balaban J connectivity index is 2.25. The van der Waals surface area contributed by atoms with E-state index in [4.69, 9.17) is 9.84 Å². The van der Waals surface area contributed by atoms with E-state index in [9.17, 15) is 8.42 Å². The van der Waals surface area contributed by atoms with E-state index < -0.39 is 10.0 Å². The van der Waals surface area contributed by atoms with Crippen molar-refractivity contribution < 1.29 is 18.3 Å². The molecule has 1 heterocycles. The molecule has 0 bridgehead atoms. The summed E-state index contributed by atoms with van der Waals surface area (Å²) in [6, 6.07) is 6.36. The van der Waals surface area contributed by atoms with Gasteiger partial charge in [-0.05, 0) is 45.1 Å². The molecule has 0 aliphatic carbocycles. The lowest BCUT2D eigenvalue weighted by molar-refractivity contribution is 0.280. The van der Waals surface area contributed by atoms with Gasteiger partial charge in [0.2, 0.25) is 10.0 Å². The number of sulfonamides is 1. The van der Waals surface area contributed by atoms with Gasteiger partial charge in [-0.1, -0.05) is 6.07 Å². The van der Waals surface area contributed by atoms with E-state index in [-0.39, 0.29) is 23.8 Å². The van der Waals surface area contributed by atoms with Crippen LogP contribution in [-0.2, 0) is 23.2 Å². The van der Waals surface area contributed by atoms with Crippen molar-refractivity contribution >= 4 is 37.3 Å². The molecule has 1 aromatic carbocycles. The van der Waals surface area contributed by atoms with Crippen molar-refractivity contribution in [1.29, 1.82) is 0 Å². The lowest BCUT2D eigenvalue weighted by atomic mass is 10.2. The first-order valence-electron chi connectivity index (χ1n) is 5.97. The topological polar surface area (TPSA) is 75.6 Å². The van der Waals surface area contributed by atoms with Crippen LogP contribution in [0.4, 0.5) is 0 Å². The van der Waals surface area contributed by atoms with Gasteiger partial charge in [0, 0.05) is 15.9 Å². The number of aliphatic hydroxyl groups is 1. The quantitative estimate of drug-likeness (QED) is 0.792. The summed E-state index contributed by atoms with van der Waals surface area (Å²) in [5.74, 6) is 0.208. The summed E-state index contributed by atoms with van der Waals surface area (Å²) in [7, 11) is -2.30. The van der Waals surface area contributed by atoms with Crippen LogP contribution in [0.15, 0.2) is 39.0 Å². The fraction of sp³-hybridized carbons (Fsp3) is 0.231. The standard InChI is InChI=1S/C13H14BrNO4S2/c1-19-11-6-9(8-16)2-3-13(11)21(17,18)15-7-12-10(14)4-5-20-12/h2-6,15-16H,7-8H2,1H3. The molecule has 2 rings (SSSR count). The lowest BCUT2D eigenvalue weighted by Gasteiger charge is -2.11. The molecule has 114 valence electrons. The summed E-state index contributed by atoms with van der Waals surface area (Å²) < 4.78 is 33.2. The van der Waals surface area contributed by atoms with E-state index in [2.05, 4.69) is 20.7 Å². The molecule has 2 N–H and O–H groups in total. The van der Waals surface area contributed by atoms with Gasteiger partial charge >= 0.3 is 0 Å². The first kappa shape index (κ1) is 16.4. The molecule has 21 heavy (non-hydrogen) atoms. The Bertz CT molecular complexity index is 728. The van der Waals surface area contributed by atoms with Crippen LogP contribution in [0, 0.1) is 0 Å². The molecule has 0 amide bonds. The van der Waals surface area contributed by atoms with Crippen LogP contribution in [-0.4, -0.2) is 20.6 Å². The van der Waals surface area contributed by atoms with Crippen LogP contribution >= 0.6 is 27.3 Å². The zero-order valence-corrected chi connectivity index (χ0v) is 14.4. The lowest BCUT2D eigenvalue weighted by Crippen LogP contribution is -2.23. The van der Waals surface area contributed by atoms with E-state index in [0.29, 0.717) is 5.56 Å². The Hall–Kier alpha value is -0.930. The predicted molar refractivity (Wildman–Crippen MR) is 85.0 cm³/mol. The highest BCUT2D eigenvalue weighted by Crippen LogP contribution is 2.26. The van der Waals surface area contributed by atoms with E-state index in [1.54, 1.807) is 6.07 Å². The Labute approximate surface area is 135 Å². The second kappa shape index (κ2) is 6.89. The number of hydrogen-bond acceptors (Lipinski definition) is 5. The highest BCUT2D eigenvalue weighted by Gasteiger charge is 2.20. The van der Waals surface area contributed by atoms with Crippen molar-refractivity contribution in [2.24, 2.45) is 0 Å². The van der Waals surface area contributed by atoms with Gasteiger partial charge in [-0.15, -0.1) is 11.3 Å². The summed E-state index contributed by atoms with van der Waals surface area (Å²) in [5.41, 5.74) is 0.590. The third-order valence-corrected chi connectivity index (χ3v) is 6.18. The molecule has 0 aliphatic heterocycles. The van der Waals surface area contributed by atoms with Gasteiger partial charge in [0.05, 0.1) is 13.7 Å². The van der Waals surface area contributed by atoms with Crippen molar-refractivity contribution in [3.63, 3.8) is 0 Å². The second-order valence-corrected chi connectivity index (χ2v) is 7.75. The molecule has 0 aliphatic rings. The molecule has 0 radical (unpaired) electrons. The molecule has 2 aromatic rings. The number of nitrogens with one attached hydrogen (secondary N) is 1. The van der Waals surface area contributed by atoms with Crippen LogP contribution in [0.5, 0.6) is 5.75 Å². The smallest absolute Gasteiger partial charge is 0.244 e. The first-order chi connectivity index (χ1) is 9.97. The molecule has 0 unspecified atom stereocenters. The zero-order valence-electron chi connectivity index (χ0n) is 11.2. The highest BCUT2D eigenvalue weighted by atomic mass is 79.9. The van der Waals surface area contributed by atoms with Crippen LogP contribution < -0.4 is 9.46 Å². The van der Waals surface area contributed by atoms with Gasteiger partial charge in [-0.2, -0.15) is 0 Å². The fourth-order valence-corrected chi connectivity index (χ4v) is 4.39. The van der Waals surface area contributed by atoms with E-state index >= 15 is 0 Å².